The number of carbonyl (C=O) groups is 2. The summed E-state index contributed by atoms with van der Waals surface area (Å²) in [6.45, 7) is 7.83. The molecule has 0 saturated heterocycles. The zero-order chi connectivity index (χ0) is 18.4. The Morgan fingerprint density at radius 2 is 1.76 bits per heavy atom. The van der Waals surface area contributed by atoms with Crippen LogP contribution in [0.5, 0.6) is 0 Å². The number of amides is 1. The molecule has 2 aromatic carbocycles. The highest BCUT2D eigenvalue weighted by Gasteiger charge is 2.47. The van der Waals surface area contributed by atoms with Gasteiger partial charge in [0.1, 0.15) is 0 Å². The standard InChI is InChI=1S/C21H23NO3/c1-5-15-6-7-18-17(10-15)21(25,20(24)22-18)11-19(23)16-9-13(3)12(2)8-14(16)4/h6-10,25H,5,11H2,1-4H3,(H,22,24). The summed E-state index contributed by atoms with van der Waals surface area (Å²) in [5.41, 5.74) is 3.82. The van der Waals surface area contributed by atoms with Gasteiger partial charge in [0.15, 0.2) is 11.4 Å². The fourth-order valence-electron chi connectivity index (χ4n) is 3.37. The number of fused-ring (bicyclic) bond motifs is 1. The predicted molar refractivity (Wildman–Crippen MR) is 97.9 cm³/mol. The Kier molecular flexibility index (Phi) is 4.25. The van der Waals surface area contributed by atoms with Crippen molar-refractivity contribution >= 4 is 17.4 Å². The molecule has 25 heavy (non-hydrogen) atoms. The first-order chi connectivity index (χ1) is 11.8. The van der Waals surface area contributed by atoms with Crippen LogP contribution in [0.25, 0.3) is 0 Å². The zero-order valence-electron chi connectivity index (χ0n) is 15.1. The SMILES string of the molecule is CCc1ccc2c(c1)C(O)(CC(=O)c1cc(C)c(C)cc1C)C(=O)N2. The Morgan fingerprint density at radius 1 is 1.08 bits per heavy atom. The first kappa shape index (κ1) is 17.4. The van der Waals surface area contributed by atoms with Crippen LogP contribution in [0.3, 0.4) is 0 Å². The number of aliphatic hydroxyl groups is 1. The number of rotatable bonds is 4. The number of Topliss-reactive ketones (excluding diaryl/α,β-unsaturated/α-hetero) is 1. The molecule has 0 fully saturated rings. The molecule has 1 aliphatic rings. The Bertz CT molecular complexity index is 885. The average Bonchev–Trinajstić information content (AvgIpc) is 2.81. The molecule has 1 atom stereocenters. The largest absolute Gasteiger partial charge is 0.375 e. The van der Waals surface area contributed by atoms with Crippen molar-refractivity contribution in [2.24, 2.45) is 0 Å². The van der Waals surface area contributed by atoms with E-state index in [4.69, 9.17) is 0 Å². The summed E-state index contributed by atoms with van der Waals surface area (Å²) in [4.78, 5) is 25.3. The molecule has 0 saturated carbocycles. The Morgan fingerprint density at radius 3 is 2.44 bits per heavy atom. The predicted octanol–water partition coefficient (Wildman–Crippen LogP) is 3.59. The molecule has 2 aromatic rings. The molecule has 0 aromatic heterocycles. The number of ketones is 1. The summed E-state index contributed by atoms with van der Waals surface area (Å²) in [6, 6.07) is 9.32. The van der Waals surface area contributed by atoms with Crippen molar-refractivity contribution in [1.82, 2.24) is 0 Å². The monoisotopic (exact) mass is 337 g/mol. The first-order valence-electron chi connectivity index (χ1n) is 8.54. The number of carbonyl (C=O) groups excluding carboxylic acids is 2. The summed E-state index contributed by atoms with van der Waals surface area (Å²) >= 11 is 0. The first-order valence-corrected chi connectivity index (χ1v) is 8.54. The quantitative estimate of drug-likeness (QED) is 0.838. The van der Waals surface area contributed by atoms with Crippen LogP contribution in [0.15, 0.2) is 30.3 Å². The number of benzene rings is 2. The Balaban J connectivity index is 1.99. The molecule has 130 valence electrons. The van der Waals surface area contributed by atoms with Crippen LogP contribution in [0.4, 0.5) is 5.69 Å². The van der Waals surface area contributed by atoms with Gasteiger partial charge in [-0.25, -0.2) is 0 Å². The molecule has 0 radical (unpaired) electrons. The van der Waals surface area contributed by atoms with E-state index in [0.717, 1.165) is 28.7 Å². The van der Waals surface area contributed by atoms with E-state index < -0.39 is 11.5 Å². The van der Waals surface area contributed by atoms with Crippen LogP contribution in [-0.4, -0.2) is 16.8 Å². The van der Waals surface area contributed by atoms with Gasteiger partial charge in [-0.15, -0.1) is 0 Å². The van der Waals surface area contributed by atoms with E-state index in [-0.39, 0.29) is 12.2 Å². The van der Waals surface area contributed by atoms with Crippen molar-refractivity contribution in [1.29, 1.82) is 0 Å². The van der Waals surface area contributed by atoms with Gasteiger partial charge in [-0.3, -0.25) is 9.59 Å². The lowest BCUT2D eigenvalue weighted by molar-refractivity contribution is -0.133. The van der Waals surface area contributed by atoms with E-state index in [1.807, 2.05) is 52.0 Å². The normalized spacial score (nSPS) is 18.8. The van der Waals surface area contributed by atoms with Gasteiger partial charge in [0.25, 0.3) is 5.91 Å². The number of aryl methyl sites for hydroxylation is 4. The molecule has 1 heterocycles. The van der Waals surface area contributed by atoms with Gasteiger partial charge in [0.2, 0.25) is 0 Å². The maximum absolute atomic E-state index is 12.9. The van der Waals surface area contributed by atoms with Gasteiger partial charge in [0, 0.05) is 16.8 Å². The van der Waals surface area contributed by atoms with Crippen molar-refractivity contribution in [2.45, 2.75) is 46.1 Å². The Labute approximate surface area is 147 Å². The second-order valence-electron chi connectivity index (χ2n) is 6.90. The summed E-state index contributed by atoms with van der Waals surface area (Å²) in [5.74, 6) is -0.765. The van der Waals surface area contributed by atoms with E-state index in [1.165, 1.54) is 0 Å². The van der Waals surface area contributed by atoms with E-state index >= 15 is 0 Å². The fourth-order valence-corrected chi connectivity index (χ4v) is 3.37. The van der Waals surface area contributed by atoms with Gasteiger partial charge >= 0.3 is 0 Å². The van der Waals surface area contributed by atoms with E-state index in [1.54, 1.807) is 6.07 Å². The molecule has 3 rings (SSSR count). The minimum Gasteiger partial charge on any atom is -0.375 e. The Hall–Kier alpha value is -2.46. The lowest BCUT2D eigenvalue weighted by atomic mass is 9.85. The minimum atomic E-state index is -1.82. The highest BCUT2D eigenvalue weighted by atomic mass is 16.3. The van der Waals surface area contributed by atoms with E-state index in [0.29, 0.717) is 16.8 Å². The maximum Gasteiger partial charge on any atom is 0.261 e. The molecule has 0 bridgehead atoms. The average molecular weight is 337 g/mol. The topological polar surface area (TPSA) is 66.4 Å². The molecule has 1 unspecified atom stereocenters. The van der Waals surface area contributed by atoms with Gasteiger partial charge < -0.3 is 10.4 Å². The molecule has 2 N–H and O–H groups in total. The number of hydrogen-bond acceptors (Lipinski definition) is 3. The highest BCUT2D eigenvalue weighted by Crippen LogP contribution is 2.40. The van der Waals surface area contributed by atoms with E-state index in [9.17, 15) is 14.7 Å². The van der Waals surface area contributed by atoms with Gasteiger partial charge in [-0.2, -0.15) is 0 Å². The van der Waals surface area contributed by atoms with Gasteiger partial charge in [-0.05, 0) is 61.6 Å². The van der Waals surface area contributed by atoms with E-state index in [2.05, 4.69) is 5.32 Å². The fraction of sp³-hybridized carbons (Fsp3) is 0.333. The van der Waals surface area contributed by atoms with Crippen LogP contribution in [0, 0.1) is 20.8 Å². The van der Waals surface area contributed by atoms with Gasteiger partial charge in [-0.1, -0.05) is 25.1 Å². The summed E-state index contributed by atoms with van der Waals surface area (Å²) in [6.07, 6.45) is 0.532. The smallest absolute Gasteiger partial charge is 0.261 e. The lowest BCUT2D eigenvalue weighted by Crippen LogP contribution is -2.36. The third-order valence-electron chi connectivity index (χ3n) is 5.12. The van der Waals surface area contributed by atoms with Crippen molar-refractivity contribution in [3.8, 4) is 0 Å². The third-order valence-corrected chi connectivity index (χ3v) is 5.12. The highest BCUT2D eigenvalue weighted by molar-refractivity contribution is 6.09. The van der Waals surface area contributed by atoms with Crippen LogP contribution >= 0.6 is 0 Å². The number of nitrogens with one attached hydrogen (secondary N) is 1. The van der Waals surface area contributed by atoms with Crippen LogP contribution in [0.2, 0.25) is 0 Å². The molecule has 1 amide bonds. The molecular formula is C21H23NO3. The van der Waals surface area contributed by atoms with Crippen molar-refractivity contribution in [2.75, 3.05) is 5.32 Å². The van der Waals surface area contributed by atoms with Gasteiger partial charge in [0.05, 0.1) is 6.42 Å². The molecule has 1 aliphatic heterocycles. The third kappa shape index (κ3) is 2.87. The van der Waals surface area contributed by atoms with Crippen LogP contribution in [-0.2, 0) is 16.8 Å². The summed E-state index contributed by atoms with van der Waals surface area (Å²) < 4.78 is 0. The second kappa shape index (κ2) is 6.12. The zero-order valence-corrected chi connectivity index (χ0v) is 15.1. The lowest BCUT2D eigenvalue weighted by Gasteiger charge is -2.21. The molecule has 4 nitrogen and oxygen atoms in total. The van der Waals surface area contributed by atoms with Crippen LogP contribution in [0.1, 0.15) is 51.5 Å². The van der Waals surface area contributed by atoms with Crippen molar-refractivity contribution in [3.63, 3.8) is 0 Å². The second-order valence-corrected chi connectivity index (χ2v) is 6.90. The maximum atomic E-state index is 12.9. The number of anilines is 1. The molecule has 0 spiro atoms. The summed E-state index contributed by atoms with van der Waals surface area (Å²) in [7, 11) is 0. The van der Waals surface area contributed by atoms with Crippen molar-refractivity contribution < 1.29 is 14.7 Å². The molecule has 0 aliphatic carbocycles. The summed E-state index contributed by atoms with van der Waals surface area (Å²) in [5, 5.41) is 13.7. The number of hydrogen-bond donors (Lipinski definition) is 2. The van der Waals surface area contributed by atoms with Crippen molar-refractivity contribution in [3.05, 3.63) is 63.7 Å². The molecular weight excluding hydrogens is 314 g/mol. The van der Waals surface area contributed by atoms with Crippen LogP contribution < -0.4 is 5.32 Å². The molecule has 4 heteroatoms. The minimum absolute atomic E-state index is 0.229.